The molecule has 0 spiro atoms. The van der Waals surface area contributed by atoms with Gasteiger partial charge in [-0.15, -0.1) is 0 Å². The van der Waals surface area contributed by atoms with Crippen LogP contribution in [0.3, 0.4) is 0 Å². The second-order valence-electron chi connectivity index (χ2n) is 6.73. The molecule has 7 heteroatoms. The average molecular weight is 385 g/mol. The van der Waals surface area contributed by atoms with E-state index in [1.807, 2.05) is 10.7 Å². The minimum atomic E-state index is -0.216. The number of carbonyl (C=O) groups excluding carboxylic acids is 1. The van der Waals surface area contributed by atoms with Crippen molar-refractivity contribution in [3.8, 4) is 17.2 Å². The number of hydrogen-bond acceptors (Lipinski definition) is 5. The summed E-state index contributed by atoms with van der Waals surface area (Å²) in [5.74, 6) is 2.11. The Hall–Kier alpha value is -2.96. The summed E-state index contributed by atoms with van der Waals surface area (Å²) in [4.78, 5) is 12.4. The Labute approximate surface area is 165 Å². The van der Waals surface area contributed by atoms with Crippen LogP contribution in [0.2, 0.25) is 0 Å². The number of nitrogens with one attached hydrogen (secondary N) is 1. The summed E-state index contributed by atoms with van der Waals surface area (Å²) in [5, 5.41) is 7.33. The van der Waals surface area contributed by atoms with Crippen molar-refractivity contribution < 1.29 is 19.0 Å². The van der Waals surface area contributed by atoms with E-state index in [1.54, 1.807) is 45.7 Å². The highest BCUT2D eigenvalue weighted by Gasteiger charge is 2.19. The molecule has 0 atom stereocenters. The molecule has 28 heavy (non-hydrogen) atoms. The number of ether oxygens (including phenoxy) is 3. The van der Waals surface area contributed by atoms with Crippen molar-refractivity contribution in [1.82, 2.24) is 9.78 Å². The van der Waals surface area contributed by atoms with Gasteiger partial charge in [-0.1, -0.05) is 19.3 Å². The summed E-state index contributed by atoms with van der Waals surface area (Å²) < 4.78 is 17.9. The van der Waals surface area contributed by atoms with Gasteiger partial charge in [0.2, 0.25) is 11.7 Å². The number of amides is 1. The molecule has 1 aliphatic rings. The Morgan fingerprint density at radius 2 is 1.79 bits per heavy atom. The molecule has 0 unspecified atom stereocenters. The van der Waals surface area contributed by atoms with E-state index in [0.717, 1.165) is 24.2 Å². The zero-order valence-corrected chi connectivity index (χ0v) is 16.6. The van der Waals surface area contributed by atoms with E-state index < -0.39 is 0 Å². The molecule has 1 aliphatic carbocycles. The SMILES string of the molecule is COc1cc(/C=C/C(=O)Nc2ccnn2C2CCCCC2)cc(OC)c1OC. The Bertz CT molecular complexity index is 813. The molecule has 1 amide bonds. The summed E-state index contributed by atoms with van der Waals surface area (Å²) in [5.41, 5.74) is 0.769. The number of benzene rings is 1. The normalized spacial score (nSPS) is 14.8. The first kappa shape index (κ1) is 19.8. The third kappa shape index (κ3) is 4.47. The molecule has 150 valence electrons. The molecule has 1 heterocycles. The Morgan fingerprint density at radius 1 is 1.11 bits per heavy atom. The smallest absolute Gasteiger partial charge is 0.249 e. The summed E-state index contributed by atoms with van der Waals surface area (Å²) in [6.45, 7) is 0. The van der Waals surface area contributed by atoms with E-state index >= 15 is 0 Å². The van der Waals surface area contributed by atoms with Crippen LogP contribution in [0.5, 0.6) is 17.2 Å². The van der Waals surface area contributed by atoms with Crippen molar-refractivity contribution in [2.45, 2.75) is 38.1 Å². The number of rotatable bonds is 7. The van der Waals surface area contributed by atoms with Crippen LogP contribution in [0.25, 0.3) is 6.08 Å². The first-order chi connectivity index (χ1) is 13.7. The van der Waals surface area contributed by atoms with Crippen molar-refractivity contribution in [2.24, 2.45) is 0 Å². The Morgan fingerprint density at radius 3 is 2.39 bits per heavy atom. The molecule has 0 saturated heterocycles. The van der Waals surface area contributed by atoms with Gasteiger partial charge in [0.05, 0.1) is 33.6 Å². The molecule has 1 fully saturated rings. The second kappa shape index (κ2) is 9.30. The quantitative estimate of drug-likeness (QED) is 0.728. The number of nitrogens with zero attached hydrogens (tertiary/aromatic N) is 2. The van der Waals surface area contributed by atoms with Gasteiger partial charge >= 0.3 is 0 Å². The van der Waals surface area contributed by atoms with Gasteiger partial charge in [-0.3, -0.25) is 4.79 Å². The molecule has 2 aromatic rings. The molecule has 0 aliphatic heterocycles. The fraction of sp³-hybridized carbons (Fsp3) is 0.429. The van der Waals surface area contributed by atoms with Crippen LogP contribution in [0.1, 0.15) is 43.7 Å². The van der Waals surface area contributed by atoms with Gasteiger partial charge in [0, 0.05) is 12.1 Å². The van der Waals surface area contributed by atoms with Crippen molar-refractivity contribution in [3.05, 3.63) is 36.0 Å². The monoisotopic (exact) mass is 385 g/mol. The Balaban J connectivity index is 1.72. The molecule has 1 N–H and O–H groups in total. The summed E-state index contributed by atoms with van der Waals surface area (Å²) in [6.07, 6.45) is 10.8. The van der Waals surface area contributed by atoms with Crippen LogP contribution in [0.4, 0.5) is 5.82 Å². The predicted octanol–water partition coefficient (Wildman–Crippen LogP) is 4.07. The molecular formula is C21H27N3O4. The summed E-state index contributed by atoms with van der Waals surface area (Å²) >= 11 is 0. The van der Waals surface area contributed by atoms with Crippen LogP contribution >= 0.6 is 0 Å². The fourth-order valence-electron chi connectivity index (χ4n) is 3.57. The number of aromatic nitrogens is 2. The average Bonchev–Trinajstić information content (AvgIpc) is 3.19. The zero-order chi connectivity index (χ0) is 19.9. The van der Waals surface area contributed by atoms with Gasteiger partial charge in [-0.05, 0) is 36.6 Å². The maximum absolute atomic E-state index is 12.4. The molecule has 1 aromatic heterocycles. The molecule has 1 saturated carbocycles. The summed E-state index contributed by atoms with van der Waals surface area (Å²) in [7, 11) is 4.67. The standard InChI is InChI=1S/C21H27N3O4/c1-26-17-13-15(14-18(27-2)21(17)28-3)9-10-20(25)23-19-11-12-22-24(19)16-7-5-4-6-8-16/h9-14,16H,4-8H2,1-3H3,(H,23,25)/b10-9+. The molecule has 0 radical (unpaired) electrons. The lowest BCUT2D eigenvalue weighted by molar-refractivity contribution is -0.111. The largest absolute Gasteiger partial charge is 0.493 e. The van der Waals surface area contributed by atoms with E-state index in [2.05, 4.69) is 10.4 Å². The van der Waals surface area contributed by atoms with Crippen LogP contribution in [0.15, 0.2) is 30.5 Å². The number of hydrogen-bond donors (Lipinski definition) is 1. The van der Waals surface area contributed by atoms with Gasteiger partial charge in [0.15, 0.2) is 11.5 Å². The maximum Gasteiger partial charge on any atom is 0.249 e. The van der Waals surface area contributed by atoms with E-state index in [-0.39, 0.29) is 5.91 Å². The van der Waals surface area contributed by atoms with E-state index in [1.165, 1.54) is 25.3 Å². The third-order valence-corrected chi connectivity index (χ3v) is 4.96. The van der Waals surface area contributed by atoms with Crippen LogP contribution < -0.4 is 19.5 Å². The van der Waals surface area contributed by atoms with Gasteiger partial charge < -0.3 is 19.5 Å². The van der Waals surface area contributed by atoms with Crippen LogP contribution in [-0.2, 0) is 4.79 Å². The van der Waals surface area contributed by atoms with Crippen LogP contribution in [0, 0.1) is 0 Å². The zero-order valence-electron chi connectivity index (χ0n) is 16.6. The Kier molecular flexibility index (Phi) is 6.57. The van der Waals surface area contributed by atoms with E-state index in [9.17, 15) is 4.79 Å². The lowest BCUT2D eigenvalue weighted by atomic mass is 9.96. The number of carbonyl (C=O) groups is 1. The molecule has 3 rings (SSSR count). The van der Waals surface area contributed by atoms with Crippen molar-refractivity contribution in [1.29, 1.82) is 0 Å². The first-order valence-electron chi connectivity index (χ1n) is 9.49. The highest BCUT2D eigenvalue weighted by molar-refractivity contribution is 6.01. The molecular weight excluding hydrogens is 358 g/mol. The first-order valence-corrected chi connectivity index (χ1v) is 9.49. The van der Waals surface area contributed by atoms with E-state index in [4.69, 9.17) is 14.2 Å². The third-order valence-electron chi connectivity index (χ3n) is 4.96. The fourth-order valence-corrected chi connectivity index (χ4v) is 3.57. The molecule has 1 aromatic carbocycles. The minimum absolute atomic E-state index is 0.216. The number of methoxy groups -OCH3 is 3. The topological polar surface area (TPSA) is 74.6 Å². The van der Waals surface area contributed by atoms with Crippen LogP contribution in [-0.4, -0.2) is 37.0 Å². The highest BCUT2D eigenvalue weighted by Crippen LogP contribution is 2.38. The van der Waals surface area contributed by atoms with Crippen molar-refractivity contribution in [2.75, 3.05) is 26.6 Å². The second-order valence-corrected chi connectivity index (χ2v) is 6.73. The maximum atomic E-state index is 12.4. The molecule has 0 bridgehead atoms. The van der Waals surface area contributed by atoms with Gasteiger partial charge in [-0.25, -0.2) is 4.68 Å². The minimum Gasteiger partial charge on any atom is -0.493 e. The van der Waals surface area contributed by atoms with Crippen molar-refractivity contribution in [3.63, 3.8) is 0 Å². The summed E-state index contributed by atoms with van der Waals surface area (Å²) in [6, 6.07) is 5.77. The van der Waals surface area contributed by atoms with Gasteiger partial charge in [0.25, 0.3) is 0 Å². The predicted molar refractivity (Wildman–Crippen MR) is 108 cm³/mol. The van der Waals surface area contributed by atoms with E-state index in [0.29, 0.717) is 23.3 Å². The van der Waals surface area contributed by atoms with Gasteiger partial charge in [0.1, 0.15) is 5.82 Å². The molecule has 7 nitrogen and oxygen atoms in total. The lowest BCUT2D eigenvalue weighted by Crippen LogP contribution is -2.19. The van der Waals surface area contributed by atoms with Gasteiger partial charge in [-0.2, -0.15) is 5.10 Å². The lowest BCUT2D eigenvalue weighted by Gasteiger charge is -2.23. The number of anilines is 1. The highest BCUT2D eigenvalue weighted by atomic mass is 16.5. The van der Waals surface area contributed by atoms with Crippen molar-refractivity contribution >= 4 is 17.8 Å².